The summed E-state index contributed by atoms with van der Waals surface area (Å²) in [6.07, 6.45) is 6.51. The predicted octanol–water partition coefficient (Wildman–Crippen LogP) is 5.09. The molecule has 0 amide bonds. The highest BCUT2D eigenvalue weighted by molar-refractivity contribution is 5.63. The quantitative estimate of drug-likeness (QED) is 0.577. The lowest BCUT2D eigenvalue weighted by molar-refractivity contribution is 0.270. The maximum Gasteiger partial charge on any atom is 0.163 e. The normalized spacial score (nSPS) is 26.1. The van der Waals surface area contributed by atoms with Crippen molar-refractivity contribution >= 4 is 5.69 Å². The fraction of sp³-hybridized carbons (Fsp3) is 0.231. The summed E-state index contributed by atoms with van der Waals surface area (Å²) in [5.41, 5.74) is 4.00. The summed E-state index contributed by atoms with van der Waals surface area (Å²) in [7, 11) is 1.98. The van der Waals surface area contributed by atoms with Crippen LogP contribution < -0.4 is 4.90 Å². The van der Waals surface area contributed by atoms with Crippen molar-refractivity contribution in [3.05, 3.63) is 95.5 Å². The van der Waals surface area contributed by atoms with Gasteiger partial charge in [0.15, 0.2) is 5.60 Å². The van der Waals surface area contributed by atoms with Crippen molar-refractivity contribution in [3.63, 3.8) is 0 Å². The van der Waals surface area contributed by atoms with Crippen molar-refractivity contribution < 1.29 is 14.2 Å². The van der Waals surface area contributed by atoms with Gasteiger partial charge in [0.25, 0.3) is 0 Å². The molecule has 1 saturated heterocycles. The van der Waals surface area contributed by atoms with Crippen LogP contribution in [0.2, 0.25) is 0 Å². The molecule has 3 aliphatic rings. The van der Waals surface area contributed by atoms with Crippen molar-refractivity contribution in [2.45, 2.75) is 30.5 Å². The van der Waals surface area contributed by atoms with Crippen molar-refractivity contribution in [2.75, 3.05) is 11.9 Å². The van der Waals surface area contributed by atoms with Crippen molar-refractivity contribution in [3.8, 4) is 17.6 Å². The Morgan fingerprint density at radius 3 is 2.70 bits per heavy atom. The standard InChI is InChI=1S/C26H22FNO2/c1-3-18-17-26-20(16-23(18)28(2)22-10-8-21(27)9-11-22)13-15-25(26,30-26)14-12-19-6-4-5-7-24(19)29/h3-11,16,29H,1,13,15,17H2,2H3. The van der Waals surface area contributed by atoms with Gasteiger partial charge in [-0.05, 0) is 66.5 Å². The van der Waals surface area contributed by atoms with Crippen LogP contribution in [0.5, 0.6) is 5.75 Å². The first-order valence-corrected chi connectivity index (χ1v) is 10.1. The monoisotopic (exact) mass is 399 g/mol. The fourth-order valence-electron chi connectivity index (χ4n) is 4.69. The number of benzene rings is 2. The number of phenolic OH excluding ortho intramolecular Hbond substituents is 1. The summed E-state index contributed by atoms with van der Waals surface area (Å²) in [4.78, 5) is 2.06. The van der Waals surface area contributed by atoms with E-state index in [9.17, 15) is 9.50 Å². The molecule has 2 unspecified atom stereocenters. The Balaban J connectivity index is 1.47. The molecule has 5 rings (SSSR count). The molecule has 2 fully saturated rings. The van der Waals surface area contributed by atoms with E-state index < -0.39 is 11.2 Å². The molecule has 2 aromatic carbocycles. The maximum absolute atomic E-state index is 13.3. The average molecular weight is 399 g/mol. The third-order valence-corrected chi connectivity index (χ3v) is 6.43. The second-order valence-corrected chi connectivity index (χ2v) is 8.02. The predicted molar refractivity (Wildman–Crippen MR) is 115 cm³/mol. The Kier molecular flexibility index (Phi) is 4.13. The number of anilines is 1. The second kappa shape index (κ2) is 6.62. The third kappa shape index (κ3) is 2.70. The van der Waals surface area contributed by atoms with Gasteiger partial charge in [-0.1, -0.05) is 36.6 Å². The van der Waals surface area contributed by atoms with E-state index in [1.54, 1.807) is 24.3 Å². The average Bonchev–Trinajstić information content (AvgIpc) is 3.28. The first kappa shape index (κ1) is 18.7. The minimum atomic E-state index is -0.505. The number of hydrogen-bond acceptors (Lipinski definition) is 3. The number of rotatable bonds is 3. The van der Waals surface area contributed by atoms with Crippen LogP contribution in [0.15, 0.2) is 84.1 Å². The zero-order valence-corrected chi connectivity index (χ0v) is 16.8. The summed E-state index contributed by atoms with van der Waals surface area (Å²) >= 11 is 0. The van der Waals surface area contributed by atoms with E-state index in [2.05, 4.69) is 29.4 Å². The number of hydrogen-bond donors (Lipinski definition) is 1. The molecule has 0 radical (unpaired) electrons. The van der Waals surface area contributed by atoms with Gasteiger partial charge in [-0.15, -0.1) is 0 Å². The van der Waals surface area contributed by atoms with Crippen LogP contribution in [0, 0.1) is 17.7 Å². The van der Waals surface area contributed by atoms with Crippen molar-refractivity contribution in [2.24, 2.45) is 0 Å². The highest BCUT2D eigenvalue weighted by Gasteiger charge is 2.75. The van der Waals surface area contributed by atoms with E-state index in [4.69, 9.17) is 4.74 Å². The van der Waals surface area contributed by atoms with Gasteiger partial charge >= 0.3 is 0 Å². The van der Waals surface area contributed by atoms with Gasteiger partial charge in [-0.25, -0.2) is 4.39 Å². The molecule has 150 valence electrons. The highest BCUT2D eigenvalue weighted by atomic mass is 19.1. The van der Waals surface area contributed by atoms with Crippen molar-refractivity contribution in [1.82, 2.24) is 0 Å². The number of para-hydroxylation sites is 1. The van der Waals surface area contributed by atoms with Crippen LogP contribution >= 0.6 is 0 Å². The molecular weight excluding hydrogens is 377 g/mol. The lowest BCUT2D eigenvalue weighted by Gasteiger charge is -2.29. The molecule has 1 N–H and O–H groups in total. The molecule has 1 aliphatic heterocycles. The molecule has 30 heavy (non-hydrogen) atoms. The summed E-state index contributed by atoms with van der Waals surface area (Å²) in [6, 6.07) is 13.6. The Morgan fingerprint density at radius 1 is 1.20 bits per heavy atom. The Bertz CT molecular complexity index is 1170. The first-order valence-electron chi connectivity index (χ1n) is 10.1. The third-order valence-electron chi connectivity index (χ3n) is 6.43. The maximum atomic E-state index is 13.3. The fourth-order valence-corrected chi connectivity index (χ4v) is 4.69. The summed E-state index contributed by atoms with van der Waals surface area (Å²) in [5.74, 6) is 6.38. The largest absolute Gasteiger partial charge is 0.507 e. The van der Waals surface area contributed by atoms with Crippen LogP contribution in [0.4, 0.5) is 10.1 Å². The van der Waals surface area contributed by atoms with E-state index >= 15 is 0 Å². The van der Waals surface area contributed by atoms with Gasteiger partial charge in [0.05, 0.1) is 5.56 Å². The van der Waals surface area contributed by atoms with E-state index in [1.807, 2.05) is 25.3 Å². The van der Waals surface area contributed by atoms with E-state index in [0.29, 0.717) is 12.0 Å². The molecule has 2 atom stereocenters. The molecule has 2 aliphatic carbocycles. The molecule has 1 spiro atoms. The molecule has 1 saturated carbocycles. The highest BCUT2D eigenvalue weighted by Crippen LogP contribution is 2.66. The van der Waals surface area contributed by atoms with Crippen LogP contribution in [0.1, 0.15) is 24.8 Å². The minimum Gasteiger partial charge on any atom is -0.507 e. The van der Waals surface area contributed by atoms with Gasteiger partial charge in [0.2, 0.25) is 0 Å². The summed E-state index contributed by atoms with van der Waals surface area (Å²) in [5, 5.41) is 10.0. The Morgan fingerprint density at radius 2 is 1.97 bits per heavy atom. The van der Waals surface area contributed by atoms with Gasteiger partial charge in [-0.2, -0.15) is 0 Å². The molecule has 3 nitrogen and oxygen atoms in total. The van der Waals surface area contributed by atoms with Crippen LogP contribution in [0.25, 0.3) is 0 Å². The zero-order valence-electron chi connectivity index (χ0n) is 16.8. The van der Waals surface area contributed by atoms with Gasteiger partial charge in [0, 0.05) is 24.9 Å². The number of nitrogens with zero attached hydrogens (tertiary/aromatic N) is 1. The van der Waals surface area contributed by atoms with E-state index in [1.165, 1.54) is 17.7 Å². The molecule has 0 aromatic heterocycles. The number of likely N-dealkylation sites (N-methyl/N-ethyl adjacent to an activating group) is 1. The lowest BCUT2D eigenvalue weighted by atomic mass is 9.82. The van der Waals surface area contributed by atoms with E-state index in [0.717, 1.165) is 29.8 Å². The van der Waals surface area contributed by atoms with Gasteiger partial charge in [-0.3, -0.25) is 0 Å². The van der Waals surface area contributed by atoms with Crippen molar-refractivity contribution in [1.29, 1.82) is 0 Å². The SMILES string of the molecule is C=CC1=C(N(C)c2ccc(F)cc2)C=C2CCC3(C#Cc4ccccc4O)OC23C1. The van der Waals surface area contributed by atoms with Gasteiger partial charge < -0.3 is 14.7 Å². The summed E-state index contributed by atoms with van der Waals surface area (Å²) in [6.45, 7) is 4.02. The topological polar surface area (TPSA) is 36.0 Å². The number of halogens is 1. The molecule has 4 heteroatoms. The molecule has 1 heterocycles. The lowest BCUT2D eigenvalue weighted by Crippen LogP contribution is -2.27. The molecule has 2 aromatic rings. The Labute approximate surface area is 175 Å². The van der Waals surface area contributed by atoms with Crippen LogP contribution in [0.3, 0.4) is 0 Å². The first-order chi connectivity index (χ1) is 14.5. The number of ether oxygens (including phenoxy) is 1. The smallest absolute Gasteiger partial charge is 0.163 e. The number of allylic oxidation sites excluding steroid dienone is 2. The second-order valence-electron chi connectivity index (χ2n) is 8.02. The zero-order chi connectivity index (χ0) is 20.9. The number of aromatic hydroxyl groups is 1. The van der Waals surface area contributed by atoms with Crippen LogP contribution in [-0.2, 0) is 4.74 Å². The Hall–Kier alpha value is -3.29. The molecular formula is C26H22FNO2. The number of phenols is 1. The van der Waals surface area contributed by atoms with E-state index in [-0.39, 0.29) is 11.6 Å². The van der Waals surface area contributed by atoms with Crippen LogP contribution in [-0.4, -0.2) is 23.4 Å². The number of epoxide rings is 1. The minimum absolute atomic E-state index is 0.184. The van der Waals surface area contributed by atoms with Gasteiger partial charge in [0.1, 0.15) is 17.2 Å². The molecule has 0 bridgehead atoms. The summed E-state index contributed by atoms with van der Waals surface area (Å²) < 4.78 is 19.6.